The van der Waals surface area contributed by atoms with Crippen molar-refractivity contribution in [3.63, 3.8) is 0 Å². The van der Waals surface area contributed by atoms with Crippen LogP contribution in [0.2, 0.25) is 0 Å². The van der Waals surface area contributed by atoms with Crippen LogP contribution in [0.5, 0.6) is 0 Å². The molecule has 1 heterocycles. The zero-order valence-electron chi connectivity index (χ0n) is 15.5. The largest absolute Gasteiger partial charge is 0.389 e. The van der Waals surface area contributed by atoms with Gasteiger partial charge in [0.2, 0.25) is 0 Å². The molecule has 5 rings (SSSR count). The van der Waals surface area contributed by atoms with E-state index in [2.05, 4.69) is 19.2 Å². The molecule has 1 amide bonds. The van der Waals surface area contributed by atoms with Gasteiger partial charge in [0.25, 0.3) is 5.91 Å². The maximum Gasteiger partial charge on any atom is 0.253 e. The van der Waals surface area contributed by atoms with Gasteiger partial charge in [-0.2, -0.15) is 0 Å². The summed E-state index contributed by atoms with van der Waals surface area (Å²) >= 11 is 0. The van der Waals surface area contributed by atoms with Crippen LogP contribution in [0.25, 0.3) is 0 Å². The van der Waals surface area contributed by atoms with Crippen molar-refractivity contribution in [1.29, 1.82) is 0 Å². The number of amides is 1. The monoisotopic (exact) mass is 345 g/mol. The smallest absolute Gasteiger partial charge is 0.253 e. The van der Waals surface area contributed by atoms with E-state index in [4.69, 9.17) is 4.74 Å². The van der Waals surface area contributed by atoms with Gasteiger partial charge in [-0.25, -0.2) is 0 Å². The Morgan fingerprint density at radius 1 is 1.16 bits per heavy atom. The summed E-state index contributed by atoms with van der Waals surface area (Å²) in [6.45, 7) is 4.75. The molecule has 4 aliphatic carbocycles. The Labute approximate surface area is 150 Å². The fraction of sp³-hybridized carbons (Fsp3) is 0.857. The van der Waals surface area contributed by atoms with Crippen LogP contribution in [0.15, 0.2) is 11.8 Å². The molecule has 1 saturated heterocycles. The van der Waals surface area contributed by atoms with E-state index in [1.54, 1.807) is 0 Å². The molecule has 1 unspecified atom stereocenters. The van der Waals surface area contributed by atoms with Crippen molar-refractivity contribution in [3.8, 4) is 0 Å². The lowest BCUT2D eigenvalue weighted by molar-refractivity contribution is -0.146. The zero-order chi connectivity index (χ0) is 17.4. The van der Waals surface area contributed by atoms with Crippen LogP contribution in [-0.4, -0.2) is 29.3 Å². The number of piperidine rings is 1. The molecule has 7 atom stereocenters. The van der Waals surface area contributed by atoms with Crippen molar-refractivity contribution in [1.82, 2.24) is 5.32 Å². The molecule has 0 aromatic heterocycles. The Morgan fingerprint density at radius 2 is 1.96 bits per heavy atom. The van der Waals surface area contributed by atoms with Gasteiger partial charge in [-0.15, -0.1) is 0 Å². The number of carbonyl (C=O) groups excluding carboxylic acids is 1. The Hall–Kier alpha value is -0.870. The maximum atomic E-state index is 12.5. The van der Waals surface area contributed by atoms with Crippen molar-refractivity contribution < 1.29 is 14.6 Å². The third kappa shape index (κ3) is 2.36. The first-order valence-electron chi connectivity index (χ1n) is 10.3. The normalized spacial score (nSPS) is 51.9. The van der Waals surface area contributed by atoms with Crippen molar-refractivity contribution >= 4 is 5.91 Å². The highest BCUT2D eigenvalue weighted by atomic mass is 16.5. The number of rotatable bonds is 2. The fourth-order valence-corrected chi connectivity index (χ4v) is 6.76. The Kier molecular flexibility index (Phi) is 3.47. The topological polar surface area (TPSA) is 58.6 Å². The standard InChI is InChI=1S/C21H31NO3/c1-20-8-3-4-13(20)18-14(7-9-20)21(2)11-16(25-12-5-6-12)19(24)22-17(21)10-15(18)23/h10,12-16,18,23H,3-9,11H2,1-2H3,(H,22,24)/t13-,14-,15-,16?,18-,20-,21+/m0/s1. The molecule has 1 aliphatic heterocycles. The average molecular weight is 345 g/mol. The van der Waals surface area contributed by atoms with Crippen LogP contribution >= 0.6 is 0 Å². The molecule has 25 heavy (non-hydrogen) atoms. The van der Waals surface area contributed by atoms with Crippen LogP contribution in [0.1, 0.15) is 65.2 Å². The van der Waals surface area contributed by atoms with Gasteiger partial charge in [-0.05, 0) is 74.2 Å². The second kappa shape index (κ2) is 5.32. The maximum absolute atomic E-state index is 12.5. The van der Waals surface area contributed by atoms with Gasteiger partial charge in [-0.1, -0.05) is 20.3 Å². The SMILES string of the molecule is C[C@@]12CCC[C@H]1[C@@H]1[C@@H](O)C=C3NC(=O)C(OC4CC4)C[C@]3(C)[C@H]1CC2. The Balaban J connectivity index is 1.49. The first kappa shape index (κ1) is 16.3. The fourth-order valence-electron chi connectivity index (χ4n) is 6.76. The summed E-state index contributed by atoms with van der Waals surface area (Å²) in [6, 6.07) is 0. The van der Waals surface area contributed by atoms with E-state index >= 15 is 0 Å². The number of hydrogen-bond donors (Lipinski definition) is 2. The first-order chi connectivity index (χ1) is 11.9. The quantitative estimate of drug-likeness (QED) is 0.808. The molecule has 4 fully saturated rings. The summed E-state index contributed by atoms with van der Waals surface area (Å²) in [4.78, 5) is 12.5. The van der Waals surface area contributed by atoms with E-state index in [0.717, 1.165) is 31.4 Å². The summed E-state index contributed by atoms with van der Waals surface area (Å²) in [6.07, 6.45) is 10.8. The number of ether oxygens (including phenoxy) is 1. The minimum absolute atomic E-state index is 0.0113. The Bertz CT molecular complexity index is 627. The van der Waals surface area contributed by atoms with Gasteiger partial charge in [0, 0.05) is 11.1 Å². The number of nitrogens with one attached hydrogen (secondary N) is 1. The molecule has 2 N–H and O–H groups in total. The molecule has 138 valence electrons. The third-order valence-corrected chi connectivity index (χ3v) is 8.32. The van der Waals surface area contributed by atoms with E-state index in [0.29, 0.717) is 29.3 Å². The minimum Gasteiger partial charge on any atom is -0.389 e. The van der Waals surface area contributed by atoms with Crippen LogP contribution in [-0.2, 0) is 9.53 Å². The lowest BCUT2D eigenvalue weighted by atomic mass is 9.49. The highest BCUT2D eigenvalue weighted by Crippen LogP contribution is 2.63. The second-order valence-corrected chi connectivity index (χ2v) is 9.88. The lowest BCUT2D eigenvalue weighted by Gasteiger charge is -2.58. The highest BCUT2D eigenvalue weighted by Gasteiger charge is 2.59. The third-order valence-electron chi connectivity index (χ3n) is 8.32. The van der Waals surface area contributed by atoms with Crippen molar-refractivity contribution in [2.45, 2.75) is 83.5 Å². The molecule has 0 aromatic rings. The Morgan fingerprint density at radius 3 is 2.72 bits per heavy atom. The van der Waals surface area contributed by atoms with Crippen molar-refractivity contribution in [2.24, 2.45) is 28.6 Å². The first-order valence-corrected chi connectivity index (χ1v) is 10.3. The molecule has 0 aromatic carbocycles. The van der Waals surface area contributed by atoms with E-state index in [1.165, 1.54) is 25.7 Å². The molecule has 0 bridgehead atoms. The van der Waals surface area contributed by atoms with Gasteiger partial charge in [-0.3, -0.25) is 4.79 Å². The minimum atomic E-state index is -0.419. The summed E-state index contributed by atoms with van der Waals surface area (Å²) < 4.78 is 6.04. The van der Waals surface area contributed by atoms with Crippen LogP contribution in [0.4, 0.5) is 0 Å². The molecular weight excluding hydrogens is 314 g/mol. The molecule has 0 spiro atoms. The summed E-state index contributed by atoms with van der Waals surface area (Å²) in [5, 5.41) is 14.1. The second-order valence-electron chi connectivity index (χ2n) is 9.88. The predicted molar refractivity (Wildman–Crippen MR) is 94.5 cm³/mol. The van der Waals surface area contributed by atoms with E-state index in [9.17, 15) is 9.90 Å². The number of fused-ring (bicyclic) bond motifs is 5. The predicted octanol–water partition coefficient (Wildman–Crippen LogP) is 3.15. The number of allylic oxidation sites excluding steroid dienone is 1. The van der Waals surface area contributed by atoms with Crippen LogP contribution in [0, 0.1) is 28.6 Å². The summed E-state index contributed by atoms with van der Waals surface area (Å²) in [7, 11) is 0. The van der Waals surface area contributed by atoms with Crippen molar-refractivity contribution in [2.75, 3.05) is 0 Å². The van der Waals surface area contributed by atoms with E-state index < -0.39 is 6.10 Å². The highest BCUT2D eigenvalue weighted by molar-refractivity contribution is 5.84. The number of carbonyl (C=O) groups is 1. The molecule has 4 heteroatoms. The molecule has 5 aliphatic rings. The van der Waals surface area contributed by atoms with E-state index in [-0.39, 0.29) is 17.4 Å². The molecular formula is C21H31NO3. The van der Waals surface area contributed by atoms with E-state index in [1.807, 2.05) is 6.08 Å². The van der Waals surface area contributed by atoms with Crippen LogP contribution < -0.4 is 5.32 Å². The summed E-state index contributed by atoms with van der Waals surface area (Å²) in [5.41, 5.74) is 1.30. The van der Waals surface area contributed by atoms with Gasteiger partial charge in [0.05, 0.1) is 12.2 Å². The lowest BCUT2D eigenvalue weighted by Crippen LogP contribution is -2.59. The van der Waals surface area contributed by atoms with Gasteiger partial charge in [0.15, 0.2) is 0 Å². The average Bonchev–Trinajstić information content (AvgIpc) is 3.28. The number of hydrogen-bond acceptors (Lipinski definition) is 3. The molecule has 0 radical (unpaired) electrons. The van der Waals surface area contributed by atoms with Crippen LogP contribution in [0.3, 0.4) is 0 Å². The molecule has 3 saturated carbocycles. The molecule has 4 nitrogen and oxygen atoms in total. The zero-order valence-corrected chi connectivity index (χ0v) is 15.5. The number of aliphatic hydroxyl groups excluding tert-OH is 1. The van der Waals surface area contributed by atoms with Gasteiger partial charge >= 0.3 is 0 Å². The van der Waals surface area contributed by atoms with Gasteiger partial charge < -0.3 is 15.2 Å². The summed E-state index contributed by atoms with van der Waals surface area (Å²) in [5.74, 6) is 1.40. The van der Waals surface area contributed by atoms with Crippen molar-refractivity contribution in [3.05, 3.63) is 11.8 Å². The number of aliphatic hydroxyl groups is 1. The van der Waals surface area contributed by atoms with Gasteiger partial charge in [0.1, 0.15) is 6.10 Å².